The van der Waals surface area contributed by atoms with Crippen LogP contribution in [0.15, 0.2) is 12.4 Å². The van der Waals surface area contributed by atoms with Gasteiger partial charge in [0.25, 0.3) is 0 Å². The van der Waals surface area contributed by atoms with E-state index in [1.165, 1.54) is 0 Å². The van der Waals surface area contributed by atoms with E-state index < -0.39 is 11.7 Å². The molecule has 0 aromatic carbocycles. The molecule has 1 heterocycles. The number of hydrogen-bond acceptors (Lipinski definition) is 2. The molecule has 1 aromatic rings. The highest BCUT2D eigenvalue weighted by Crippen LogP contribution is 2.36. The lowest BCUT2D eigenvalue weighted by atomic mass is 10.1. The molecule has 72 valence electrons. The Bertz CT molecular complexity index is 311. The second-order valence-electron chi connectivity index (χ2n) is 2.39. The highest BCUT2D eigenvalue weighted by molar-refractivity contribution is 9.08. The molecule has 0 amide bonds. The normalized spacial score (nSPS) is 11.7. The first kappa shape index (κ1) is 10.3. The van der Waals surface area contributed by atoms with Crippen molar-refractivity contribution in [2.45, 2.75) is 11.5 Å². The molecule has 0 saturated heterocycles. The molecule has 13 heavy (non-hydrogen) atoms. The minimum atomic E-state index is -4.42. The van der Waals surface area contributed by atoms with Gasteiger partial charge >= 0.3 is 6.18 Å². The van der Waals surface area contributed by atoms with E-state index in [0.717, 1.165) is 12.4 Å². The summed E-state index contributed by atoms with van der Waals surface area (Å²) >= 11 is 2.94. The van der Waals surface area contributed by atoms with Crippen molar-refractivity contribution in [1.29, 1.82) is 0 Å². The van der Waals surface area contributed by atoms with Crippen molar-refractivity contribution < 1.29 is 13.2 Å². The molecular weight excluding hydrogens is 249 g/mol. The molecule has 0 unspecified atom stereocenters. The van der Waals surface area contributed by atoms with Crippen LogP contribution in [-0.2, 0) is 11.5 Å². The van der Waals surface area contributed by atoms with Crippen LogP contribution in [0.1, 0.15) is 11.1 Å². The lowest BCUT2D eigenvalue weighted by Crippen LogP contribution is -2.12. The van der Waals surface area contributed by atoms with Gasteiger partial charge in [-0.3, -0.25) is 4.98 Å². The van der Waals surface area contributed by atoms with Crippen LogP contribution in [-0.4, -0.2) is 4.98 Å². The number of anilines is 1. The minimum Gasteiger partial charge on any atom is -0.397 e. The number of nitrogens with two attached hydrogens (primary N) is 1. The molecule has 1 aromatic heterocycles. The summed E-state index contributed by atoms with van der Waals surface area (Å²) in [5.74, 6) is 0. The van der Waals surface area contributed by atoms with Crippen LogP contribution < -0.4 is 5.73 Å². The van der Waals surface area contributed by atoms with E-state index in [-0.39, 0.29) is 16.6 Å². The smallest absolute Gasteiger partial charge is 0.397 e. The third-order valence-electron chi connectivity index (χ3n) is 1.48. The number of rotatable bonds is 1. The topological polar surface area (TPSA) is 38.9 Å². The van der Waals surface area contributed by atoms with Gasteiger partial charge in [0.05, 0.1) is 17.4 Å². The molecule has 0 fully saturated rings. The summed E-state index contributed by atoms with van der Waals surface area (Å²) in [4.78, 5) is 3.57. The molecule has 0 radical (unpaired) electrons. The SMILES string of the molecule is Nc1cncc(CBr)c1C(F)(F)F. The number of nitrogen functional groups attached to an aromatic ring is 1. The molecule has 2 N–H and O–H groups in total. The first-order chi connectivity index (χ1) is 5.96. The van der Waals surface area contributed by atoms with Crippen LogP contribution >= 0.6 is 15.9 Å². The van der Waals surface area contributed by atoms with Crippen LogP contribution in [0.4, 0.5) is 18.9 Å². The van der Waals surface area contributed by atoms with E-state index in [1.807, 2.05) is 0 Å². The fraction of sp³-hybridized carbons (Fsp3) is 0.286. The minimum absolute atomic E-state index is 0.0486. The summed E-state index contributed by atoms with van der Waals surface area (Å²) in [5, 5.41) is 0.0832. The van der Waals surface area contributed by atoms with Crippen molar-refractivity contribution in [3.63, 3.8) is 0 Å². The predicted octanol–water partition coefficient (Wildman–Crippen LogP) is 2.58. The van der Waals surface area contributed by atoms with Gasteiger partial charge in [0, 0.05) is 11.5 Å². The van der Waals surface area contributed by atoms with Crippen molar-refractivity contribution in [2.75, 3.05) is 5.73 Å². The van der Waals surface area contributed by atoms with Gasteiger partial charge in [-0.2, -0.15) is 13.2 Å². The van der Waals surface area contributed by atoms with Crippen molar-refractivity contribution in [3.8, 4) is 0 Å². The second-order valence-corrected chi connectivity index (χ2v) is 2.95. The van der Waals surface area contributed by atoms with Gasteiger partial charge in [-0.1, -0.05) is 15.9 Å². The summed E-state index contributed by atoms with van der Waals surface area (Å²) in [6.45, 7) is 0. The Balaban J connectivity index is 3.32. The Morgan fingerprint density at radius 3 is 2.38 bits per heavy atom. The Hall–Kier alpha value is -0.780. The summed E-state index contributed by atoms with van der Waals surface area (Å²) in [7, 11) is 0. The van der Waals surface area contributed by atoms with Crippen LogP contribution in [0.3, 0.4) is 0 Å². The summed E-state index contributed by atoms with van der Waals surface area (Å²) in [6, 6.07) is 0. The molecular formula is C7H6BrF3N2. The Morgan fingerprint density at radius 2 is 2.00 bits per heavy atom. The van der Waals surface area contributed by atoms with Gasteiger partial charge in [0.1, 0.15) is 0 Å². The van der Waals surface area contributed by atoms with Crippen molar-refractivity contribution >= 4 is 21.6 Å². The molecule has 0 aliphatic carbocycles. The standard InChI is InChI=1S/C7H6BrF3N2/c8-1-4-2-13-3-5(12)6(4)7(9,10)11/h2-3H,1,12H2. The zero-order chi connectivity index (χ0) is 10.1. The van der Waals surface area contributed by atoms with Crippen molar-refractivity contribution in [1.82, 2.24) is 4.98 Å². The fourth-order valence-corrected chi connectivity index (χ4v) is 1.39. The third-order valence-corrected chi connectivity index (χ3v) is 2.09. The highest BCUT2D eigenvalue weighted by atomic mass is 79.9. The van der Waals surface area contributed by atoms with Gasteiger partial charge in [0.15, 0.2) is 0 Å². The Morgan fingerprint density at radius 1 is 1.38 bits per heavy atom. The van der Waals surface area contributed by atoms with Crippen LogP contribution in [0.25, 0.3) is 0 Å². The molecule has 0 spiro atoms. The number of alkyl halides is 4. The van der Waals surface area contributed by atoms with Crippen LogP contribution in [0.5, 0.6) is 0 Å². The Labute approximate surface area is 81.1 Å². The maximum Gasteiger partial charge on any atom is 0.418 e. The zero-order valence-corrected chi connectivity index (χ0v) is 7.98. The van der Waals surface area contributed by atoms with E-state index in [2.05, 4.69) is 20.9 Å². The molecule has 0 aliphatic rings. The van der Waals surface area contributed by atoms with Crippen LogP contribution in [0.2, 0.25) is 0 Å². The molecule has 0 saturated carbocycles. The van der Waals surface area contributed by atoms with Gasteiger partial charge in [0.2, 0.25) is 0 Å². The number of halogens is 4. The van der Waals surface area contributed by atoms with E-state index >= 15 is 0 Å². The van der Waals surface area contributed by atoms with Crippen molar-refractivity contribution in [3.05, 3.63) is 23.5 Å². The van der Waals surface area contributed by atoms with Gasteiger partial charge in [-0.15, -0.1) is 0 Å². The first-order valence-corrected chi connectivity index (χ1v) is 4.44. The maximum atomic E-state index is 12.4. The van der Waals surface area contributed by atoms with E-state index in [4.69, 9.17) is 5.73 Å². The molecule has 6 heteroatoms. The van der Waals surface area contributed by atoms with E-state index in [0.29, 0.717) is 0 Å². The monoisotopic (exact) mass is 254 g/mol. The predicted molar refractivity (Wildman–Crippen MR) is 46.3 cm³/mol. The lowest BCUT2D eigenvalue weighted by molar-refractivity contribution is -0.137. The molecule has 1 rings (SSSR count). The van der Waals surface area contributed by atoms with Crippen molar-refractivity contribution in [2.24, 2.45) is 0 Å². The summed E-state index contributed by atoms with van der Waals surface area (Å²) in [6.07, 6.45) is -2.28. The second kappa shape index (κ2) is 3.53. The molecule has 0 bridgehead atoms. The van der Waals surface area contributed by atoms with Gasteiger partial charge in [-0.05, 0) is 5.56 Å². The number of nitrogens with zero attached hydrogens (tertiary/aromatic N) is 1. The largest absolute Gasteiger partial charge is 0.418 e. The molecule has 0 aliphatic heterocycles. The highest BCUT2D eigenvalue weighted by Gasteiger charge is 2.35. The van der Waals surface area contributed by atoms with Crippen LogP contribution in [0, 0.1) is 0 Å². The number of pyridine rings is 1. The maximum absolute atomic E-state index is 12.4. The zero-order valence-electron chi connectivity index (χ0n) is 6.40. The Kier molecular flexibility index (Phi) is 2.80. The molecule has 0 atom stereocenters. The average Bonchev–Trinajstić information content (AvgIpc) is 2.01. The van der Waals surface area contributed by atoms with Gasteiger partial charge in [-0.25, -0.2) is 0 Å². The average molecular weight is 255 g/mol. The summed E-state index contributed by atoms with van der Waals surface area (Å²) in [5.41, 5.74) is 4.08. The van der Waals surface area contributed by atoms with Gasteiger partial charge < -0.3 is 5.73 Å². The quantitative estimate of drug-likeness (QED) is 0.783. The number of aromatic nitrogens is 1. The third kappa shape index (κ3) is 2.12. The van der Waals surface area contributed by atoms with E-state index in [1.54, 1.807) is 0 Å². The summed E-state index contributed by atoms with van der Waals surface area (Å²) < 4.78 is 37.1. The first-order valence-electron chi connectivity index (χ1n) is 3.32. The number of hydrogen-bond donors (Lipinski definition) is 1. The lowest BCUT2D eigenvalue weighted by Gasteiger charge is -2.12. The molecule has 2 nitrogen and oxygen atoms in total. The fourth-order valence-electron chi connectivity index (χ4n) is 0.969. The van der Waals surface area contributed by atoms with E-state index in [9.17, 15) is 13.2 Å².